The lowest BCUT2D eigenvalue weighted by atomic mass is 9.91. The minimum Gasteiger partial charge on any atom is -0.381 e. The van der Waals surface area contributed by atoms with E-state index < -0.39 is 0 Å². The van der Waals surface area contributed by atoms with Gasteiger partial charge in [-0.25, -0.2) is 0 Å². The number of hydrogen-bond donors (Lipinski definition) is 0. The predicted octanol–water partition coefficient (Wildman–Crippen LogP) is 3.01. The van der Waals surface area contributed by atoms with Crippen LogP contribution in [-0.2, 0) is 9.47 Å². The van der Waals surface area contributed by atoms with E-state index in [1.165, 1.54) is 12.8 Å². The van der Waals surface area contributed by atoms with Crippen molar-refractivity contribution in [1.29, 1.82) is 0 Å². The summed E-state index contributed by atoms with van der Waals surface area (Å²) in [5, 5.41) is 0. The van der Waals surface area contributed by atoms with Crippen LogP contribution in [0.4, 0.5) is 0 Å². The van der Waals surface area contributed by atoms with Crippen LogP contribution in [0.15, 0.2) is 0 Å². The molecule has 1 aliphatic heterocycles. The molecule has 0 atom stereocenters. The van der Waals surface area contributed by atoms with Gasteiger partial charge >= 0.3 is 0 Å². The van der Waals surface area contributed by atoms with Gasteiger partial charge < -0.3 is 9.47 Å². The Labute approximate surface area is 88.0 Å². The molecule has 0 unspecified atom stereocenters. The van der Waals surface area contributed by atoms with Gasteiger partial charge in [-0.15, -0.1) is 0 Å². The van der Waals surface area contributed by atoms with E-state index in [1.807, 2.05) is 0 Å². The Morgan fingerprint density at radius 1 is 1.21 bits per heavy atom. The topological polar surface area (TPSA) is 18.5 Å². The van der Waals surface area contributed by atoms with E-state index in [2.05, 4.69) is 20.8 Å². The van der Waals surface area contributed by atoms with Gasteiger partial charge in [0, 0.05) is 19.8 Å². The van der Waals surface area contributed by atoms with Crippen molar-refractivity contribution in [3.8, 4) is 0 Å². The van der Waals surface area contributed by atoms with Crippen LogP contribution < -0.4 is 0 Å². The molecule has 0 saturated carbocycles. The van der Waals surface area contributed by atoms with E-state index in [0.717, 1.165) is 32.7 Å². The summed E-state index contributed by atoms with van der Waals surface area (Å²) in [7, 11) is 0. The minimum atomic E-state index is 0.443. The smallest absolute Gasteiger partial charge is 0.0619 e. The lowest BCUT2D eigenvalue weighted by Gasteiger charge is -2.23. The average molecular weight is 200 g/mol. The normalized spacial score (nSPS) is 19.9. The van der Waals surface area contributed by atoms with Gasteiger partial charge in [0.25, 0.3) is 0 Å². The van der Waals surface area contributed by atoms with E-state index in [1.54, 1.807) is 0 Å². The van der Waals surface area contributed by atoms with Gasteiger partial charge in [-0.1, -0.05) is 20.8 Å². The van der Waals surface area contributed by atoms with E-state index in [0.29, 0.717) is 11.5 Å². The van der Waals surface area contributed by atoms with E-state index in [4.69, 9.17) is 9.47 Å². The van der Waals surface area contributed by atoms with Gasteiger partial charge in [-0.2, -0.15) is 0 Å². The first-order valence-corrected chi connectivity index (χ1v) is 5.77. The van der Waals surface area contributed by atoms with E-state index >= 15 is 0 Å². The Bertz CT molecular complexity index is 143. The fraction of sp³-hybridized carbons (Fsp3) is 1.00. The van der Waals surface area contributed by atoms with Gasteiger partial charge in [0.15, 0.2) is 0 Å². The molecule has 0 aromatic rings. The molecule has 0 bridgehead atoms. The highest BCUT2D eigenvalue weighted by molar-refractivity contribution is 4.64. The molecule has 1 rings (SSSR count). The zero-order valence-electron chi connectivity index (χ0n) is 9.84. The molecule has 0 aliphatic carbocycles. The third kappa shape index (κ3) is 5.61. The average Bonchev–Trinajstić information content (AvgIpc) is 2.13. The first kappa shape index (κ1) is 12.0. The number of ether oxygens (including phenoxy) is 2. The van der Waals surface area contributed by atoms with Crippen LogP contribution in [0.25, 0.3) is 0 Å². The highest BCUT2D eigenvalue weighted by Gasteiger charge is 2.14. The van der Waals surface area contributed by atoms with Crippen LogP contribution in [0, 0.1) is 5.41 Å². The van der Waals surface area contributed by atoms with Crippen LogP contribution in [0.3, 0.4) is 0 Å². The molecule has 14 heavy (non-hydrogen) atoms. The lowest BCUT2D eigenvalue weighted by Crippen LogP contribution is -2.24. The van der Waals surface area contributed by atoms with E-state index in [9.17, 15) is 0 Å². The van der Waals surface area contributed by atoms with Crippen molar-refractivity contribution < 1.29 is 9.47 Å². The first-order valence-electron chi connectivity index (χ1n) is 5.77. The predicted molar refractivity (Wildman–Crippen MR) is 58.5 cm³/mol. The molecule has 2 nitrogen and oxygen atoms in total. The van der Waals surface area contributed by atoms with Crippen LogP contribution >= 0.6 is 0 Å². The highest BCUT2D eigenvalue weighted by atomic mass is 16.5. The molecule has 0 amide bonds. The van der Waals surface area contributed by atoms with Crippen LogP contribution in [0.1, 0.15) is 46.5 Å². The Hall–Kier alpha value is -0.0800. The quantitative estimate of drug-likeness (QED) is 0.649. The SMILES string of the molecule is CC(C)(C)CCCOC1CCOCC1. The largest absolute Gasteiger partial charge is 0.381 e. The van der Waals surface area contributed by atoms with Gasteiger partial charge in [-0.3, -0.25) is 0 Å². The summed E-state index contributed by atoms with van der Waals surface area (Å²) < 4.78 is 11.1. The second-order valence-corrected chi connectivity index (χ2v) is 5.35. The molecule has 0 aromatic carbocycles. The third-order valence-electron chi connectivity index (χ3n) is 2.59. The van der Waals surface area contributed by atoms with Crippen molar-refractivity contribution in [1.82, 2.24) is 0 Å². The number of rotatable bonds is 4. The van der Waals surface area contributed by atoms with Crippen LogP contribution in [0.5, 0.6) is 0 Å². The Morgan fingerprint density at radius 3 is 2.43 bits per heavy atom. The van der Waals surface area contributed by atoms with Crippen molar-refractivity contribution in [2.24, 2.45) is 5.41 Å². The first-order chi connectivity index (χ1) is 6.58. The molecular weight excluding hydrogens is 176 g/mol. The summed E-state index contributed by atoms with van der Waals surface area (Å²) in [5.74, 6) is 0. The van der Waals surface area contributed by atoms with Gasteiger partial charge in [-0.05, 0) is 31.1 Å². The summed E-state index contributed by atoms with van der Waals surface area (Å²) in [6.07, 6.45) is 5.05. The second-order valence-electron chi connectivity index (χ2n) is 5.35. The second kappa shape index (κ2) is 5.72. The molecule has 0 aromatic heterocycles. The zero-order chi connectivity index (χ0) is 10.4. The van der Waals surface area contributed by atoms with Crippen molar-refractivity contribution in [2.45, 2.75) is 52.6 Å². The van der Waals surface area contributed by atoms with Gasteiger partial charge in [0.1, 0.15) is 0 Å². The molecule has 1 aliphatic rings. The summed E-state index contributed by atoms with van der Waals surface area (Å²) >= 11 is 0. The summed E-state index contributed by atoms with van der Waals surface area (Å²) in [4.78, 5) is 0. The van der Waals surface area contributed by atoms with Crippen molar-refractivity contribution in [3.05, 3.63) is 0 Å². The van der Waals surface area contributed by atoms with E-state index in [-0.39, 0.29) is 0 Å². The van der Waals surface area contributed by atoms with Crippen molar-refractivity contribution in [3.63, 3.8) is 0 Å². The van der Waals surface area contributed by atoms with Crippen molar-refractivity contribution >= 4 is 0 Å². The monoisotopic (exact) mass is 200 g/mol. The Morgan fingerprint density at radius 2 is 1.86 bits per heavy atom. The van der Waals surface area contributed by atoms with Gasteiger partial charge in [0.2, 0.25) is 0 Å². The Balaban J connectivity index is 1.97. The zero-order valence-corrected chi connectivity index (χ0v) is 9.84. The molecule has 2 heteroatoms. The molecule has 1 heterocycles. The maximum atomic E-state index is 5.80. The van der Waals surface area contributed by atoms with Crippen LogP contribution in [0.2, 0.25) is 0 Å². The molecular formula is C12H24O2. The highest BCUT2D eigenvalue weighted by Crippen LogP contribution is 2.21. The summed E-state index contributed by atoms with van der Waals surface area (Å²) in [6, 6.07) is 0. The maximum absolute atomic E-state index is 5.80. The van der Waals surface area contributed by atoms with Gasteiger partial charge in [0.05, 0.1) is 6.10 Å². The molecule has 1 fully saturated rings. The molecule has 0 spiro atoms. The lowest BCUT2D eigenvalue weighted by molar-refractivity contribution is -0.0339. The Kier molecular flexibility index (Phi) is 4.90. The van der Waals surface area contributed by atoms with Crippen LogP contribution in [-0.4, -0.2) is 25.9 Å². The number of hydrogen-bond acceptors (Lipinski definition) is 2. The molecule has 0 N–H and O–H groups in total. The minimum absolute atomic E-state index is 0.443. The van der Waals surface area contributed by atoms with Crippen molar-refractivity contribution in [2.75, 3.05) is 19.8 Å². The molecule has 1 saturated heterocycles. The maximum Gasteiger partial charge on any atom is 0.0619 e. The molecule has 84 valence electrons. The third-order valence-corrected chi connectivity index (χ3v) is 2.59. The fourth-order valence-electron chi connectivity index (χ4n) is 1.70. The standard InChI is InChI=1S/C12H24O2/c1-12(2,3)7-4-8-14-11-5-9-13-10-6-11/h11H,4-10H2,1-3H3. The molecule has 0 radical (unpaired) electrons. The fourth-order valence-corrected chi connectivity index (χ4v) is 1.70. The summed E-state index contributed by atoms with van der Waals surface area (Å²) in [5.41, 5.74) is 0.443. The summed E-state index contributed by atoms with van der Waals surface area (Å²) in [6.45, 7) is 9.51.